The van der Waals surface area contributed by atoms with Crippen LogP contribution in [0, 0.1) is 0 Å². The van der Waals surface area contributed by atoms with E-state index in [1.165, 1.54) is 0 Å². The second-order valence-electron chi connectivity index (χ2n) is 5.79. The molecular weight excluding hydrogens is 302 g/mol. The molecule has 2 aromatic heterocycles. The molecule has 0 unspecified atom stereocenters. The van der Waals surface area contributed by atoms with E-state index in [2.05, 4.69) is 9.97 Å². The third kappa shape index (κ3) is 2.67. The van der Waals surface area contributed by atoms with Gasteiger partial charge in [0.1, 0.15) is 6.33 Å². The van der Waals surface area contributed by atoms with Gasteiger partial charge >= 0.3 is 0 Å². The lowest BCUT2D eigenvalue weighted by molar-refractivity contribution is 0.0732. The minimum Gasteiger partial charge on any atom is -0.330 e. The molecule has 3 heterocycles. The molecule has 3 aromatic rings. The van der Waals surface area contributed by atoms with E-state index in [0.717, 1.165) is 25.1 Å². The van der Waals surface area contributed by atoms with Crippen LogP contribution in [0.5, 0.6) is 0 Å². The second-order valence-corrected chi connectivity index (χ2v) is 5.79. The van der Waals surface area contributed by atoms with E-state index in [-0.39, 0.29) is 11.9 Å². The van der Waals surface area contributed by atoms with E-state index in [0.29, 0.717) is 11.4 Å². The normalized spacial score (nSPS) is 17.2. The Kier molecular flexibility index (Phi) is 3.78. The van der Waals surface area contributed by atoms with Crippen LogP contribution in [0.2, 0.25) is 0 Å². The van der Waals surface area contributed by atoms with E-state index in [9.17, 15) is 4.79 Å². The maximum Gasteiger partial charge on any atom is 0.254 e. The molecule has 120 valence electrons. The number of hydrogen-bond acceptors (Lipinski definition) is 4. The third-order valence-electron chi connectivity index (χ3n) is 4.29. The molecule has 6 nitrogen and oxygen atoms in total. The summed E-state index contributed by atoms with van der Waals surface area (Å²) in [7, 11) is 0. The van der Waals surface area contributed by atoms with Gasteiger partial charge < -0.3 is 4.90 Å². The Hall–Kier alpha value is -3.02. The Balaban J connectivity index is 1.64. The van der Waals surface area contributed by atoms with Crippen LogP contribution in [-0.4, -0.2) is 36.9 Å². The lowest BCUT2D eigenvalue weighted by Gasteiger charge is -2.24. The molecule has 4 rings (SSSR count). The standard InChI is InChI=1S/C18H17N5O/c24-18(14-5-2-1-3-6-14)23-9-4-7-16(23)15-11-20-12-17(21-15)22-10-8-19-13-22/h1-3,5-6,8,10-13,16H,4,7,9H2/t16-/m1/s1. The highest BCUT2D eigenvalue weighted by atomic mass is 16.2. The van der Waals surface area contributed by atoms with Crippen molar-refractivity contribution in [1.29, 1.82) is 0 Å². The molecule has 1 aliphatic rings. The Morgan fingerprint density at radius 1 is 1.12 bits per heavy atom. The predicted molar refractivity (Wildman–Crippen MR) is 88.6 cm³/mol. The SMILES string of the molecule is O=C(c1ccccc1)N1CCC[C@@H]1c1cncc(-n2ccnc2)n1. The number of likely N-dealkylation sites (tertiary alicyclic amines) is 1. The fourth-order valence-electron chi connectivity index (χ4n) is 3.11. The second kappa shape index (κ2) is 6.23. The minimum absolute atomic E-state index is 0.0336. The summed E-state index contributed by atoms with van der Waals surface area (Å²) in [6.07, 6.45) is 10.5. The molecular formula is C18H17N5O. The molecule has 0 saturated carbocycles. The lowest BCUT2D eigenvalue weighted by atomic mass is 10.1. The number of benzene rings is 1. The number of nitrogens with zero attached hydrogens (tertiary/aromatic N) is 5. The number of imidazole rings is 1. The van der Waals surface area contributed by atoms with Crippen molar-refractivity contribution in [2.24, 2.45) is 0 Å². The van der Waals surface area contributed by atoms with Crippen molar-refractivity contribution in [2.45, 2.75) is 18.9 Å². The number of rotatable bonds is 3. The fraction of sp³-hybridized carbons (Fsp3) is 0.222. The van der Waals surface area contributed by atoms with E-state index in [1.54, 1.807) is 24.9 Å². The van der Waals surface area contributed by atoms with Crippen LogP contribution in [0.25, 0.3) is 5.82 Å². The van der Waals surface area contributed by atoms with Crippen LogP contribution in [-0.2, 0) is 0 Å². The predicted octanol–water partition coefficient (Wildman–Crippen LogP) is 2.64. The van der Waals surface area contributed by atoms with Crippen molar-refractivity contribution in [2.75, 3.05) is 6.54 Å². The van der Waals surface area contributed by atoms with Crippen LogP contribution in [0.15, 0.2) is 61.4 Å². The highest BCUT2D eigenvalue weighted by Crippen LogP contribution is 2.32. The molecule has 0 bridgehead atoms. The van der Waals surface area contributed by atoms with Crippen molar-refractivity contribution >= 4 is 5.91 Å². The van der Waals surface area contributed by atoms with E-state index in [1.807, 2.05) is 46.0 Å². The monoisotopic (exact) mass is 319 g/mol. The van der Waals surface area contributed by atoms with Crippen molar-refractivity contribution in [3.63, 3.8) is 0 Å². The van der Waals surface area contributed by atoms with E-state index >= 15 is 0 Å². The van der Waals surface area contributed by atoms with Gasteiger partial charge in [0.05, 0.1) is 24.1 Å². The average Bonchev–Trinajstić information content (AvgIpc) is 3.34. The van der Waals surface area contributed by atoms with Crippen molar-refractivity contribution < 1.29 is 4.79 Å². The summed E-state index contributed by atoms with van der Waals surface area (Å²) in [6, 6.07) is 9.36. The molecule has 0 aliphatic carbocycles. The molecule has 1 atom stereocenters. The van der Waals surface area contributed by atoms with Crippen LogP contribution >= 0.6 is 0 Å². The molecule has 1 fully saturated rings. The van der Waals surface area contributed by atoms with Crippen molar-refractivity contribution in [3.8, 4) is 5.82 Å². The van der Waals surface area contributed by atoms with Gasteiger partial charge in [-0.05, 0) is 25.0 Å². The zero-order chi connectivity index (χ0) is 16.4. The largest absolute Gasteiger partial charge is 0.330 e. The zero-order valence-electron chi connectivity index (χ0n) is 13.1. The van der Waals surface area contributed by atoms with E-state index in [4.69, 9.17) is 4.98 Å². The average molecular weight is 319 g/mol. The Labute approximate surface area is 139 Å². The highest BCUT2D eigenvalue weighted by molar-refractivity contribution is 5.94. The number of aromatic nitrogens is 4. The summed E-state index contributed by atoms with van der Waals surface area (Å²) in [4.78, 5) is 27.7. The van der Waals surface area contributed by atoms with Gasteiger partial charge in [-0.2, -0.15) is 0 Å². The van der Waals surface area contributed by atoms with Gasteiger partial charge in [-0.15, -0.1) is 0 Å². The maximum atomic E-state index is 12.8. The number of carbonyl (C=O) groups excluding carboxylic acids is 1. The van der Waals surface area contributed by atoms with Crippen LogP contribution in [0.4, 0.5) is 0 Å². The summed E-state index contributed by atoms with van der Waals surface area (Å²) in [6.45, 7) is 0.745. The molecule has 1 saturated heterocycles. The van der Waals surface area contributed by atoms with Gasteiger partial charge in [0.15, 0.2) is 5.82 Å². The topological polar surface area (TPSA) is 63.9 Å². The molecule has 1 amide bonds. The van der Waals surface area contributed by atoms with Gasteiger partial charge in [0, 0.05) is 24.5 Å². The summed E-state index contributed by atoms with van der Waals surface area (Å²) in [5.41, 5.74) is 1.53. The van der Waals surface area contributed by atoms with Gasteiger partial charge in [0.2, 0.25) is 0 Å². The smallest absolute Gasteiger partial charge is 0.254 e. The fourth-order valence-corrected chi connectivity index (χ4v) is 3.11. The number of carbonyl (C=O) groups is 1. The molecule has 0 N–H and O–H groups in total. The molecule has 1 aromatic carbocycles. The van der Waals surface area contributed by atoms with Crippen LogP contribution in [0.3, 0.4) is 0 Å². The first-order valence-electron chi connectivity index (χ1n) is 7.99. The third-order valence-corrected chi connectivity index (χ3v) is 4.29. The number of amides is 1. The summed E-state index contributed by atoms with van der Waals surface area (Å²) in [5, 5.41) is 0. The molecule has 24 heavy (non-hydrogen) atoms. The highest BCUT2D eigenvalue weighted by Gasteiger charge is 2.31. The Morgan fingerprint density at radius 2 is 2.00 bits per heavy atom. The molecule has 1 aliphatic heterocycles. The number of hydrogen-bond donors (Lipinski definition) is 0. The van der Waals surface area contributed by atoms with E-state index < -0.39 is 0 Å². The minimum atomic E-state index is -0.0336. The summed E-state index contributed by atoms with van der Waals surface area (Å²) >= 11 is 0. The van der Waals surface area contributed by atoms with Gasteiger partial charge in [-0.25, -0.2) is 9.97 Å². The first-order chi connectivity index (χ1) is 11.8. The van der Waals surface area contributed by atoms with Gasteiger partial charge in [-0.3, -0.25) is 14.3 Å². The lowest BCUT2D eigenvalue weighted by Crippen LogP contribution is -2.31. The quantitative estimate of drug-likeness (QED) is 0.744. The molecule has 0 spiro atoms. The van der Waals surface area contributed by atoms with Crippen molar-refractivity contribution in [1.82, 2.24) is 24.4 Å². The zero-order valence-corrected chi connectivity index (χ0v) is 13.1. The van der Waals surface area contributed by atoms with Gasteiger partial charge in [-0.1, -0.05) is 18.2 Å². The maximum absolute atomic E-state index is 12.8. The first kappa shape index (κ1) is 14.6. The molecule has 6 heteroatoms. The Morgan fingerprint density at radius 3 is 2.79 bits per heavy atom. The first-order valence-corrected chi connectivity index (χ1v) is 7.99. The Bertz CT molecular complexity index is 832. The summed E-state index contributed by atoms with van der Waals surface area (Å²) < 4.78 is 1.81. The molecule has 0 radical (unpaired) electrons. The van der Waals surface area contributed by atoms with Gasteiger partial charge in [0.25, 0.3) is 5.91 Å². The van der Waals surface area contributed by atoms with Crippen LogP contribution < -0.4 is 0 Å². The van der Waals surface area contributed by atoms with Crippen LogP contribution in [0.1, 0.15) is 34.9 Å². The summed E-state index contributed by atoms with van der Waals surface area (Å²) in [5.74, 6) is 0.761. The van der Waals surface area contributed by atoms with Crippen molar-refractivity contribution in [3.05, 3.63) is 72.7 Å².